The molecule has 5 nitrogen and oxygen atoms in total. The number of nitrogens with zero attached hydrogens (tertiary/aromatic N) is 1. The van der Waals surface area contributed by atoms with E-state index < -0.39 is 17.6 Å². The lowest BCUT2D eigenvalue weighted by atomic mass is 10.3. The summed E-state index contributed by atoms with van der Waals surface area (Å²) in [6, 6.07) is 5.51. The number of amides is 2. The molecule has 114 valence electrons. The van der Waals surface area contributed by atoms with E-state index in [0.717, 1.165) is 16.5 Å². The average molecular weight is 340 g/mol. The molecule has 2 aromatic rings. The highest BCUT2D eigenvalue weighted by Gasteiger charge is 2.13. The van der Waals surface area contributed by atoms with Crippen molar-refractivity contribution in [3.05, 3.63) is 50.9 Å². The molecule has 2 rings (SSSR count). The predicted octanol–water partition coefficient (Wildman–Crippen LogP) is 2.94. The Balaban J connectivity index is 1.92. The molecule has 0 radical (unpaired) electrons. The number of aryl methyl sites for hydroxylation is 1. The van der Waals surface area contributed by atoms with Gasteiger partial charge >= 0.3 is 11.8 Å². The maximum absolute atomic E-state index is 13.0. The molecule has 2 amide bonds. The Morgan fingerprint density at radius 2 is 2.09 bits per heavy atom. The van der Waals surface area contributed by atoms with Crippen molar-refractivity contribution in [3.63, 3.8) is 0 Å². The van der Waals surface area contributed by atoms with Crippen molar-refractivity contribution in [1.82, 2.24) is 5.43 Å². The molecule has 1 aromatic heterocycles. The number of carbonyl (C=O) groups is 2. The van der Waals surface area contributed by atoms with Crippen LogP contribution in [0.15, 0.2) is 34.7 Å². The third-order valence-corrected chi connectivity index (χ3v) is 3.88. The van der Waals surface area contributed by atoms with Crippen LogP contribution in [-0.4, -0.2) is 18.0 Å². The fourth-order valence-electron chi connectivity index (χ4n) is 1.48. The minimum Gasteiger partial charge on any atom is -0.318 e. The summed E-state index contributed by atoms with van der Waals surface area (Å²) in [5, 5.41) is 7.74. The molecule has 8 heteroatoms. The van der Waals surface area contributed by atoms with Gasteiger partial charge in [0.25, 0.3) is 0 Å². The first-order valence-corrected chi connectivity index (χ1v) is 7.36. The molecule has 0 aliphatic heterocycles. The molecule has 2 N–H and O–H groups in total. The van der Waals surface area contributed by atoms with Crippen LogP contribution in [0.4, 0.5) is 10.1 Å². The van der Waals surface area contributed by atoms with Gasteiger partial charge in [0, 0.05) is 10.6 Å². The molecule has 0 atom stereocenters. The number of halogens is 2. The van der Waals surface area contributed by atoms with Crippen molar-refractivity contribution < 1.29 is 14.0 Å². The molecule has 0 saturated carbocycles. The third kappa shape index (κ3) is 4.12. The van der Waals surface area contributed by atoms with Crippen LogP contribution >= 0.6 is 22.9 Å². The lowest BCUT2D eigenvalue weighted by Gasteiger charge is -2.04. The van der Waals surface area contributed by atoms with Gasteiger partial charge in [-0.1, -0.05) is 11.6 Å². The van der Waals surface area contributed by atoms with Gasteiger partial charge in [-0.05, 0) is 42.1 Å². The Hall–Kier alpha value is -2.25. The van der Waals surface area contributed by atoms with Gasteiger partial charge in [-0.2, -0.15) is 5.10 Å². The van der Waals surface area contributed by atoms with Gasteiger partial charge in [-0.15, -0.1) is 11.3 Å². The van der Waals surface area contributed by atoms with Crippen LogP contribution in [0.1, 0.15) is 10.4 Å². The molecular weight excluding hydrogens is 329 g/mol. The highest BCUT2D eigenvalue weighted by molar-refractivity contribution is 7.11. The molecule has 0 bridgehead atoms. The van der Waals surface area contributed by atoms with Crippen molar-refractivity contribution >= 4 is 46.7 Å². The zero-order valence-corrected chi connectivity index (χ0v) is 13.0. The van der Waals surface area contributed by atoms with E-state index in [0.29, 0.717) is 0 Å². The largest absolute Gasteiger partial charge is 0.329 e. The van der Waals surface area contributed by atoms with Crippen LogP contribution in [-0.2, 0) is 9.59 Å². The van der Waals surface area contributed by atoms with E-state index in [4.69, 9.17) is 11.6 Å². The normalized spacial score (nSPS) is 10.7. The predicted molar refractivity (Wildman–Crippen MR) is 84.8 cm³/mol. The lowest BCUT2D eigenvalue weighted by Crippen LogP contribution is -2.32. The monoisotopic (exact) mass is 339 g/mol. The maximum Gasteiger partial charge on any atom is 0.329 e. The molecule has 1 heterocycles. The first kappa shape index (κ1) is 16.1. The van der Waals surface area contributed by atoms with Crippen LogP contribution in [0.2, 0.25) is 5.02 Å². The van der Waals surface area contributed by atoms with E-state index in [2.05, 4.69) is 15.8 Å². The molecule has 0 spiro atoms. The second kappa shape index (κ2) is 7.15. The second-order valence-corrected chi connectivity index (χ2v) is 5.60. The SMILES string of the molecule is Cc1ccsc1C=NNC(=O)C(=O)Nc1ccc(F)c(Cl)c1. The number of anilines is 1. The fourth-order valence-corrected chi connectivity index (χ4v) is 2.45. The summed E-state index contributed by atoms with van der Waals surface area (Å²) >= 11 is 7.05. The van der Waals surface area contributed by atoms with Crippen molar-refractivity contribution in [2.75, 3.05) is 5.32 Å². The van der Waals surface area contributed by atoms with E-state index >= 15 is 0 Å². The Kier molecular flexibility index (Phi) is 5.24. The highest BCUT2D eigenvalue weighted by atomic mass is 35.5. The van der Waals surface area contributed by atoms with E-state index in [9.17, 15) is 14.0 Å². The van der Waals surface area contributed by atoms with Crippen molar-refractivity contribution in [3.8, 4) is 0 Å². The molecule has 1 aromatic carbocycles. The first-order valence-electron chi connectivity index (χ1n) is 6.11. The van der Waals surface area contributed by atoms with E-state index in [-0.39, 0.29) is 10.7 Å². The number of nitrogens with one attached hydrogen (secondary N) is 2. The summed E-state index contributed by atoms with van der Waals surface area (Å²) in [5.41, 5.74) is 3.35. The Bertz CT molecular complexity index is 745. The zero-order chi connectivity index (χ0) is 16.1. The number of rotatable bonds is 3. The number of carbonyl (C=O) groups excluding carboxylic acids is 2. The molecule has 0 fully saturated rings. The Labute approximate surface area is 134 Å². The number of hydrazone groups is 1. The highest BCUT2D eigenvalue weighted by Crippen LogP contribution is 2.19. The molecule has 0 saturated heterocycles. The van der Waals surface area contributed by atoms with E-state index in [1.165, 1.54) is 29.7 Å². The van der Waals surface area contributed by atoms with Crippen LogP contribution in [0, 0.1) is 12.7 Å². The summed E-state index contributed by atoms with van der Waals surface area (Å²) < 4.78 is 13.0. The van der Waals surface area contributed by atoms with Gasteiger partial charge in [-0.3, -0.25) is 9.59 Å². The van der Waals surface area contributed by atoms with Gasteiger partial charge in [0.05, 0.1) is 11.2 Å². The van der Waals surface area contributed by atoms with Gasteiger partial charge in [-0.25, -0.2) is 9.82 Å². The smallest absolute Gasteiger partial charge is 0.318 e. The minimum atomic E-state index is -0.939. The van der Waals surface area contributed by atoms with Crippen LogP contribution in [0.3, 0.4) is 0 Å². The summed E-state index contributed by atoms with van der Waals surface area (Å²) in [7, 11) is 0. The topological polar surface area (TPSA) is 70.6 Å². The van der Waals surface area contributed by atoms with Gasteiger partial charge in [0.15, 0.2) is 0 Å². The third-order valence-electron chi connectivity index (χ3n) is 2.63. The summed E-state index contributed by atoms with van der Waals surface area (Å²) in [4.78, 5) is 24.1. The van der Waals surface area contributed by atoms with E-state index in [1.807, 2.05) is 18.4 Å². The van der Waals surface area contributed by atoms with Crippen LogP contribution in [0.25, 0.3) is 0 Å². The van der Waals surface area contributed by atoms with Gasteiger partial charge in [0.1, 0.15) is 5.82 Å². The number of hydrogen-bond acceptors (Lipinski definition) is 4. The average Bonchev–Trinajstić information content (AvgIpc) is 2.88. The second-order valence-electron chi connectivity index (χ2n) is 4.25. The lowest BCUT2D eigenvalue weighted by molar-refractivity contribution is -0.136. The van der Waals surface area contributed by atoms with Crippen LogP contribution < -0.4 is 10.7 Å². The standard InChI is InChI=1S/C14H11ClFN3O2S/c1-8-4-5-22-12(8)7-17-19-14(21)13(20)18-9-2-3-11(16)10(15)6-9/h2-7H,1H3,(H,18,20)(H,19,21). The van der Waals surface area contributed by atoms with Crippen molar-refractivity contribution in [2.45, 2.75) is 6.92 Å². The Morgan fingerprint density at radius 1 is 1.32 bits per heavy atom. The molecule has 22 heavy (non-hydrogen) atoms. The molecule has 0 aliphatic carbocycles. The molecular formula is C14H11ClFN3O2S. The van der Waals surface area contributed by atoms with Gasteiger partial charge < -0.3 is 5.32 Å². The summed E-state index contributed by atoms with van der Waals surface area (Å²) in [6.45, 7) is 1.91. The minimum absolute atomic E-state index is 0.149. The Morgan fingerprint density at radius 3 is 2.73 bits per heavy atom. The van der Waals surface area contributed by atoms with Crippen molar-refractivity contribution in [1.29, 1.82) is 0 Å². The summed E-state index contributed by atoms with van der Waals surface area (Å²) in [6.07, 6.45) is 1.46. The van der Waals surface area contributed by atoms with E-state index in [1.54, 1.807) is 0 Å². The number of thiophene rings is 1. The molecule has 0 aliphatic rings. The van der Waals surface area contributed by atoms with Crippen LogP contribution in [0.5, 0.6) is 0 Å². The summed E-state index contributed by atoms with van der Waals surface area (Å²) in [5.74, 6) is -2.48. The maximum atomic E-state index is 13.0. The first-order chi connectivity index (χ1) is 10.5. The zero-order valence-electron chi connectivity index (χ0n) is 11.4. The fraction of sp³-hybridized carbons (Fsp3) is 0.0714. The molecule has 0 unspecified atom stereocenters. The quantitative estimate of drug-likeness (QED) is 0.513. The van der Waals surface area contributed by atoms with Gasteiger partial charge in [0.2, 0.25) is 0 Å². The number of hydrogen-bond donors (Lipinski definition) is 2. The number of benzene rings is 1. The van der Waals surface area contributed by atoms with Crippen molar-refractivity contribution in [2.24, 2.45) is 5.10 Å².